The van der Waals surface area contributed by atoms with E-state index in [1.165, 1.54) is 19.8 Å². The predicted molar refractivity (Wildman–Crippen MR) is 81.4 cm³/mol. The second kappa shape index (κ2) is 4.80. The Bertz CT molecular complexity index is 557. The molecule has 3 rings (SSSR count). The van der Waals surface area contributed by atoms with E-state index in [1.54, 1.807) is 0 Å². The molecule has 1 N–H and O–H groups in total. The summed E-state index contributed by atoms with van der Waals surface area (Å²) in [7, 11) is 0. The third-order valence-corrected chi connectivity index (χ3v) is 5.32. The molecule has 0 radical (unpaired) electrons. The minimum absolute atomic E-state index is 0.302. The molecule has 0 bridgehead atoms. The largest absolute Gasteiger partial charge is 0.315 e. The number of thiophene rings is 1. The zero-order chi connectivity index (χ0) is 12.6. The normalized spacial score (nSPS) is 17.4. The molecular weight excluding hydrogens is 306 g/mol. The fourth-order valence-electron chi connectivity index (χ4n) is 2.61. The Morgan fingerprint density at radius 1 is 1.28 bits per heavy atom. The molecule has 1 aromatic carbocycles. The number of hydrogen-bond donors (Lipinski definition) is 1. The third kappa shape index (κ3) is 2.27. The van der Waals surface area contributed by atoms with Gasteiger partial charge in [0.15, 0.2) is 0 Å². The topological polar surface area (TPSA) is 12.0 Å². The Balaban J connectivity index is 1.90. The molecule has 94 valence electrons. The van der Waals surface area contributed by atoms with Crippen LogP contribution in [0.5, 0.6) is 0 Å². The highest BCUT2D eigenvalue weighted by atomic mass is 79.9. The monoisotopic (exact) mass is 321 g/mol. The van der Waals surface area contributed by atoms with Crippen LogP contribution in [0.25, 0.3) is 0 Å². The molecule has 0 unspecified atom stereocenters. The molecule has 18 heavy (non-hydrogen) atoms. The smallest absolute Gasteiger partial charge is 0.0701 e. The summed E-state index contributed by atoms with van der Waals surface area (Å²) >= 11 is 5.40. The van der Waals surface area contributed by atoms with Gasteiger partial charge in [0.25, 0.3) is 0 Å². The van der Waals surface area contributed by atoms with Crippen LogP contribution < -0.4 is 5.32 Å². The van der Waals surface area contributed by atoms with Crippen molar-refractivity contribution in [3.8, 4) is 0 Å². The fourth-order valence-corrected chi connectivity index (χ4v) is 4.24. The third-order valence-electron chi connectivity index (χ3n) is 3.70. The summed E-state index contributed by atoms with van der Waals surface area (Å²) in [6.45, 7) is 4.35. The van der Waals surface area contributed by atoms with Gasteiger partial charge in [0.1, 0.15) is 0 Å². The average Bonchev–Trinajstić information content (AvgIpc) is 2.69. The zero-order valence-electron chi connectivity index (χ0n) is 10.4. The van der Waals surface area contributed by atoms with Crippen LogP contribution in [0.15, 0.2) is 40.2 Å². The van der Waals surface area contributed by atoms with Gasteiger partial charge in [-0.15, -0.1) is 11.3 Å². The summed E-state index contributed by atoms with van der Waals surface area (Å²) in [5, 5.41) is 3.44. The van der Waals surface area contributed by atoms with E-state index in [1.807, 2.05) is 11.3 Å². The summed E-state index contributed by atoms with van der Waals surface area (Å²) in [6.07, 6.45) is 1.14. The van der Waals surface area contributed by atoms with Crippen molar-refractivity contribution in [3.63, 3.8) is 0 Å². The van der Waals surface area contributed by atoms with Crippen molar-refractivity contribution in [1.82, 2.24) is 5.32 Å². The summed E-state index contributed by atoms with van der Waals surface area (Å²) < 4.78 is 1.23. The van der Waals surface area contributed by atoms with Crippen LogP contribution in [0, 0.1) is 6.92 Å². The maximum atomic E-state index is 3.55. The molecule has 1 aliphatic heterocycles. The van der Waals surface area contributed by atoms with Gasteiger partial charge in [0.05, 0.1) is 3.79 Å². The van der Waals surface area contributed by atoms with Crippen LogP contribution in [0.3, 0.4) is 0 Å². The molecule has 0 amide bonds. The molecule has 2 aromatic rings. The second-order valence-electron chi connectivity index (χ2n) is 5.14. The van der Waals surface area contributed by atoms with Crippen molar-refractivity contribution in [2.24, 2.45) is 0 Å². The molecule has 1 aliphatic rings. The first kappa shape index (κ1) is 12.4. The summed E-state index contributed by atoms with van der Waals surface area (Å²) in [6, 6.07) is 13.3. The van der Waals surface area contributed by atoms with Gasteiger partial charge in [-0.1, -0.05) is 29.8 Å². The Morgan fingerprint density at radius 3 is 2.67 bits per heavy atom. The van der Waals surface area contributed by atoms with Crippen LogP contribution >= 0.6 is 27.3 Å². The van der Waals surface area contributed by atoms with Crippen molar-refractivity contribution in [3.05, 3.63) is 56.2 Å². The van der Waals surface area contributed by atoms with Gasteiger partial charge in [-0.05, 0) is 47.0 Å². The Labute approximate surface area is 120 Å². The van der Waals surface area contributed by atoms with E-state index >= 15 is 0 Å². The number of rotatable bonds is 3. The Morgan fingerprint density at radius 2 is 2.11 bits per heavy atom. The molecule has 1 fully saturated rings. The van der Waals surface area contributed by atoms with Gasteiger partial charge in [0, 0.05) is 23.4 Å². The number of hydrogen-bond acceptors (Lipinski definition) is 2. The molecule has 3 heteroatoms. The van der Waals surface area contributed by atoms with Crippen molar-refractivity contribution in [2.45, 2.75) is 18.8 Å². The number of halogens is 1. The molecule has 0 saturated carbocycles. The standard InChI is InChI=1S/C15H16BrNS/c1-11-3-2-4-12(7-11)15(9-17-10-15)8-13-5-6-14(16)18-13/h2-7,17H,8-10H2,1H3. The van der Waals surface area contributed by atoms with Gasteiger partial charge >= 0.3 is 0 Å². The first-order chi connectivity index (χ1) is 8.68. The highest BCUT2D eigenvalue weighted by molar-refractivity contribution is 9.11. The van der Waals surface area contributed by atoms with Gasteiger partial charge < -0.3 is 5.32 Å². The maximum Gasteiger partial charge on any atom is 0.0701 e. The summed E-state index contributed by atoms with van der Waals surface area (Å²) in [5.74, 6) is 0. The molecule has 2 heterocycles. The van der Waals surface area contributed by atoms with E-state index in [4.69, 9.17) is 0 Å². The molecule has 0 spiro atoms. The Kier molecular flexibility index (Phi) is 3.31. The van der Waals surface area contributed by atoms with E-state index in [9.17, 15) is 0 Å². The van der Waals surface area contributed by atoms with Crippen LogP contribution in [-0.4, -0.2) is 13.1 Å². The highest BCUT2D eigenvalue weighted by Gasteiger charge is 2.39. The van der Waals surface area contributed by atoms with Crippen LogP contribution in [-0.2, 0) is 11.8 Å². The van der Waals surface area contributed by atoms with Crippen LogP contribution in [0.4, 0.5) is 0 Å². The van der Waals surface area contributed by atoms with Crippen molar-refractivity contribution < 1.29 is 0 Å². The van der Waals surface area contributed by atoms with Crippen LogP contribution in [0.1, 0.15) is 16.0 Å². The van der Waals surface area contributed by atoms with E-state index in [0.29, 0.717) is 5.41 Å². The first-order valence-corrected chi connectivity index (χ1v) is 7.81. The summed E-state index contributed by atoms with van der Waals surface area (Å²) in [4.78, 5) is 1.46. The quantitative estimate of drug-likeness (QED) is 0.904. The molecule has 1 saturated heterocycles. The highest BCUT2D eigenvalue weighted by Crippen LogP contribution is 2.35. The first-order valence-electron chi connectivity index (χ1n) is 6.20. The summed E-state index contributed by atoms with van der Waals surface area (Å²) in [5.41, 5.74) is 3.13. The number of nitrogens with one attached hydrogen (secondary N) is 1. The Hall–Kier alpha value is -0.640. The zero-order valence-corrected chi connectivity index (χ0v) is 12.8. The van der Waals surface area contributed by atoms with Crippen molar-refractivity contribution in [1.29, 1.82) is 0 Å². The fraction of sp³-hybridized carbons (Fsp3) is 0.333. The van der Waals surface area contributed by atoms with E-state index in [-0.39, 0.29) is 0 Å². The predicted octanol–water partition coefficient (Wildman–Crippen LogP) is 3.90. The lowest BCUT2D eigenvalue weighted by Crippen LogP contribution is -2.58. The lowest BCUT2D eigenvalue weighted by Gasteiger charge is -2.43. The molecular formula is C15H16BrNS. The van der Waals surface area contributed by atoms with E-state index < -0.39 is 0 Å². The minimum Gasteiger partial charge on any atom is -0.315 e. The molecule has 1 nitrogen and oxygen atoms in total. The van der Waals surface area contributed by atoms with E-state index in [2.05, 4.69) is 64.6 Å². The molecule has 0 atom stereocenters. The van der Waals surface area contributed by atoms with Crippen molar-refractivity contribution in [2.75, 3.05) is 13.1 Å². The van der Waals surface area contributed by atoms with Crippen molar-refractivity contribution >= 4 is 27.3 Å². The lowest BCUT2D eigenvalue weighted by atomic mass is 9.72. The molecule has 1 aromatic heterocycles. The van der Waals surface area contributed by atoms with Gasteiger partial charge in [-0.3, -0.25) is 0 Å². The van der Waals surface area contributed by atoms with E-state index in [0.717, 1.165) is 19.5 Å². The van der Waals surface area contributed by atoms with Gasteiger partial charge in [-0.2, -0.15) is 0 Å². The maximum absolute atomic E-state index is 3.55. The van der Waals surface area contributed by atoms with Crippen LogP contribution in [0.2, 0.25) is 0 Å². The second-order valence-corrected chi connectivity index (χ2v) is 7.68. The lowest BCUT2D eigenvalue weighted by molar-refractivity contribution is 0.276. The number of benzene rings is 1. The SMILES string of the molecule is Cc1cccc(C2(Cc3ccc(Br)s3)CNC2)c1. The average molecular weight is 322 g/mol. The van der Waals surface area contributed by atoms with Gasteiger partial charge in [-0.25, -0.2) is 0 Å². The minimum atomic E-state index is 0.302. The number of aryl methyl sites for hydroxylation is 1. The van der Waals surface area contributed by atoms with Gasteiger partial charge in [0.2, 0.25) is 0 Å². The molecule has 0 aliphatic carbocycles.